The van der Waals surface area contributed by atoms with Crippen LogP contribution in [0.25, 0.3) is 0 Å². The minimum absolute atomic E-state index is 0.663. The second-order valence-electron chi connectivity index (χ2n) is 5.09. The Bertz CT molecular complexity index is 574. The number of guanidine groups is 1. The number of hydrogen-bond acceptors (Lipinski definition) is 2. The maximum Gasteiger partial charge on any atom is 0.191 e. The van der Waals surface area contributed by atoms with Gasteiger partial charge in [0.15, 0.2) is 5.96 Å². The molecule has 0 bridgehead atoms. The predicted molar refractivity (Wildman–Crippen MR) is 90.9 cm³/mol. The first-order valence-corrected chi connectivity index (χ1v) is 7.89. The van der Waals surface area contributed by atoms with Crippen LogP contribution >= 0.6 is 0 Å². The number of hydrogen-bond donors (Lipinski definition) is 2. The Morgan fingerprint density at radius 1 is 1.14 bits per heavy atom. The van der Waals surface area contributed by atoms with Crippen molar-refractivity contribution in [3.8, 4) is 0 Å². The van der Waals surface area contributed by atoms with Crippen molar-refractivity contribution in [3.63, 3.8) is 0 Å². The topological polar surface area (TPSA) is 54.2 Å². The summed E-state index contributed by atoms with van der Waals surface area (Å²) in [6, 6.07) is 10.3. The average molecular weight is 299 g/mol. The van der Waals surface area contributed by atoms with Crippen molar-refractivity contribution in [2.24, 2.45) is 4.99 Å². The molecule has 5 heteroatoms. The molecule has 0 aliphatic heterocycles. The van der Waals surface area contributed by atoms with Crippen LogP contribution in [0.5, 0.6) is 0 Å². The largest absolute Gasteiger partial charge is 0.357 e. The summed E-state index contributed by atoms with van der Waals surface area (Å²) in [4.78, 5) is 4.68. The Morgan fingerprint density at radius 2 is 1.95 bits per heavy atom. The lowest BCUT2D eigenvalue weighted by Gasteiger charge is -2.12. The molecule has 1 heterocycles. The summed E-state index contributed by atoms with van der Waals surface area (Å²) in [7, 11) is 0. The van der Waals surface area contributed by atoms with Gasteiger partial charge in [0.05, 0.1) is 13.1 Å². The number of benzene rings is 1. The van der Waals surface area contributed by atoms with Gasteiger partial charge in [0.2, 0.25) is 0 Å². The molecule has 0 aliphatic carbocycles. The summed E-state index contributed by atoms with van der Waals surface area (Å²) in [6.07, 6.45) is 4.87. The number of rotatable bonds is 7. The van der Waals surface area contributed by atoms with Gasteiger partial charge in [0, 0.05) is 25.5 Å². The number of nitrogens with zero attached hydrogens (tertiary/aromatic N) is 3. The summed E-state index contributed by atoms with van der Waals surface area (Å²) in [5.74, 6) is 0.873. The number of nitrogens with one attached hydrogen (secondary N) is 2. The zero-order valence-electron chi connectivity index (χ0n) is 13.4. The Labute approximate surface area is 132 Å². The maximum absolute atomic E-state index is 4.68. The second kappa shape index (κ2) is 8.87. The minimum atomic E-state index is 0.663. The zero-order valence-corrected chi connectivity index (χ0v) is 13.4. The van der Waals surface area contributed by atoms with Crippen molar-refractivity contribution < 1.29 is 0 Å². The van der Waals surface area contributed by atoms with Crippen LogP contribution in [0, 0.1) is 0 Å². The molecule has 22 heavy (non-hydrogen) atoms. The van der Waals surface area contributed by atoms with Gasteiger partial charge in [0.1, 0.15) is 0 Å². The molecule has 5 nitrogen and oxygen atoms in total. The molecule has 1 aromatic heterocycles. The molecular formula is C17H25N5. The lowest BCUT2D eigenvalue weighted by Crippen LogP contribution is -2.37. The number of aromatic nitrogens is 2. The molecule has 0 saturated carbocycles. The van der Waals surface area contributed by atoms with Gasteiger partial charge in [-0.05, 0) is 30.5 Å². The summed E-state index contributed by atoms with van der Waals surface area (Å²) in [5, 5.41) is 10.9. The van der Waals surface area contributed by atoms with E-state index in [1.807, 2.05) is 16.9 Å². The van der Waals surface area contributed by atoms with E-state index in [4.69, 9.17) is 0 Å². The van der Waals surface area contributed by atoms with Crippen molar-refractivity contribution in [2.45, 2.75) is 33.4 Å². The van der Waals surface area contributed by atoms with Crippen LogP contribution in [-0.4, -0.2) is 28.8 Å². The third kappa shape index (κ3) is 4.91. The molecule has 0 saturated heterocycles. The molecular weight excluding hydrogens is 274 g/mol. The highest BCUT2D eigenvalue weighted by Gasteiger charge is 2.03. The van der Waals surface area contributed by atoms with Crippen molar-refractivity contribution in [1.82, 2.24) is 20.4 Å². The van der Waals surface area contributed by atoms with Gasteiger partial charge in [0.25, 0.3) is 0 Å². The maximum atomic E-state index is 4.68. The molecule has 0 unspecified atom stereocenters. The lowest BCUT2D eigenvalue weighted by molar-refractivity contribution is 0.680. The van der Waals surface area contributed by atoms with E-state index in [0.717, 1.165) is 32.0 Å². The van der Waals surface area contributed by atoms with E-state index in [1.165, 1.54) is 11.1 Å². The highest BCUT2D eigenvalue weighted by atomic mass is 15.3. The minimum Gasteiger partial charge on any atom is -0.357 e. The van der Waals surface area contributed by atoms with Crippen LogP contribution in [-0.2, 0) is 13.1 Å². The zero-order chi connectivity index (χ0) is 15.6. The molecule has 118 valence electrons. The van der Waals surface area contributed by atoms with Crippen LogP contribution in [0.2, 0.25) is 0 Å². The fourth-order valence-electron chi connectivity index (χ4n) is 2.18. The van der Waals surface area contributed by atoms with Crippen LogP contribution in [0.4, 0.5) is 0 Å². The summed E-state index contributed by atoms with van der Waals surface area (Å²) in [5.41, 5.74) is 2.48. The highest BCUT2D eigenvalue weighted by Crippen LogP contribution is 2.11. The van der Waals surface area contributed by atoms with Gasteiger partial charge in [-0.1, -0.05) is 31.2 Å². The first kappa shape index (κ1) is 16.1. The van der Waals surface area contributed by atoms with Gasteiger partial charge in [-0.15, -0.1) is 0 Å². The van der Waals surface area contributed by atoms with E-state index in [-0.39, 0.29) is 0 Å². The van der Waals surface area contributed by atoms with Crippen LogP contribution < -0.4 is 10.6 Å². The van der Waals surface area contributed by atoms with Crippen molar-refractivity contribution in [3.05, 3.63) is 53.9 Å². The molecule has 2 N–H and O–H groups in total. The normalized spacial score (nSPS) is 11.5. The molecule has 0 spiro atoms. The Kier molecular flexibility index (Phi) is 6.48. The molecule has 0 aliphatic rings. The monoisotopic (exact) mass is 299 g/mol. The molecule has 0 atom stereocenters. The standard InChI is InChI=1S/C17H25N5/c1-3-10-19-17(18-4-2)20-13-15-8-5-6-9-16(15)14-22-12-7-11-21-22/h5-9,11-12H,3-4,10,13-14H2,1-2H3,(H2,18,19,20). The van der Waals surface area contributed by atoms with Crippen LogP contribution in [0.15, 0.2) is 47.7 Å². The van der Waals surface area contributed by atoms with E-state index in [2.05, 4.69) is 58.8 Å². The second-order valence-corrected chi connectivity index (χ2v) is 5.09. The fraction of sp³-hybridized carbons (Fsp3) is 0.412. The van der Waals surface area contributed by atoms with Crippen LogP contribution in [0.1, 0.15) is 31.4 Å². The summed E-state index contributed by atoms with van der Waals surface area (Å²) >= 11 is 0. The SMILES string of the molecule is CCCNC(=NCc1ccccc1Cn1cccn1)NCC. The van der Waals surface area contributed by atoms with E-state index >= 15 is 0 Å². The number of aliphatic imine (C=N–C) groups is 1. The van der Waals surface area contributed by atoms with E-state index in [0.29, 0.717) is 6.54 Å². The first-order chi connectivity index (χ1) is 10.8. The van der Waals surface area contributed by atoms with Gasteiger partial charge in [-0.25, -0.2) is 4.99 Å². The molecule has 0 fully saturated rings. The van der Waals surface area contributed by atoms with Crippen molar-refractivity contribution in [1.29, 1.82) is 0 Å². The predicted octanol–water partition coefficient (Wildman–Crippen LogP) is 2.40. The lowest BCUT2D eigenvalue weighted by atomic mass is 10.1. The van der Waals surface area contributed by atoms with Crippen molar-refractivity contribution >= 4 is 5.96 Å². The third-order valence-corrected chi connectivity index (χ3v) is 3.30. The molecule has 0 amide bonds. The van der Waals surface area contributed by atoms with Gasteiger partial charge >= 0.3 is 0 Å². The van der Waals surface area contributed by atoms with Gasteiger partial charge in [-0.2, -0.15) is 5.10 Å². The van der Waals surface area contributed by atoms with E-state index < -0.39 is 0 Å². The molecule has 1 aromatic carbocycles. The van der Waals surface area contributed by atoms with Crippen LogP contribution in [0.3, 0.4) is 0 Å². The van der Waals surface area contributed by atoms with E-state index in [1.54, 1.807) is 6.20 Å². The van der Waals surface area contributed by atoms with Crippen molar-refractivity contribution in [2.75, 3.05) is 13.1 Å². The van der Waals surface area contributed by atoms with E-state index in [9.17, 15) is 0 Å². The third-order valence-electron chi connectivity index (χ3n) is 3.30. The van der Waals surface area contributed by atoms with Gasteiger partial charge < -0.3 is 10.6 Å². The Morgan fingerprint density at radius 3 is 2.64 bits per heavy atom. The van der Waals surface area contributed by atoms with Gasteiger partial charge in [-0.3, -0.25) is 4.68 Å². The average Bonchev–Trinajstić information content (AvgIpc) is 3.04. The highest BCUT2D eigenvalue weighted by molar-refractivity contribution is 5.79. The molecule has 2 aromatic rings. The molecule has 2 rings (SSSR count). The quantitative estimate of drug-likeness (QED) is 0.610. The Balaban J connectivity index is 2.07. The fourth-order valence-corrected chi connectivity index (χ4v) is 2.18. The first-order valence-electron chi connectivity index (χ1n) is 7.89. The summed E-state index contributed by atoms with van der Waals surface area (Å²) < 4.78 is 1.93. The Hall–Kier alpha value is -2.30. The molecule has 0 radical (unpaired) electrons. The smallest absolute Gasteiger partial charge is 0.191 e. The summed E-state index contributed by atoms with van der Waals surface area (Å²) in [6.45, 7) is 7.46.